The average molecular weight is 200 g/mol. The number of aromatic nitrogens is 2. The van der Waals surface area contributed by atoms with Crippen LogP contribution in [0.3, 0.4) is 0 Å². The summed E-state index contributed by atoms with van der Waals surface area (Å²) in [4.78, 5) is 27.5. The molecule has 0 spiro atoms. The number of thioether (sulfide) groups is 1. The lowest BCUT2D eigenvalue weighted by atomic mass is 10.6. The highest BCUT2D eigenvalue weighted by Gasteiger charge is 2.02. The van der Waals surface area contributed by atoms with Crippen molar-refractivity contribution in [3.05, 3.63) is 22.2 Å². The van der Waals surface area contributed by atoms with E-state index >= 15 is 0 Å². The molecule has 0 bridgehead atoms. The number of H-pyrrole nitrogens is 1. The second-order valence-corrected chi connectivity index (χ2v) is 3.35. The van der Waals surface area contributed by atoms with Crippen LogP contribution in [-0.2, 0) is 4.79 Å². The molecule has 13 heavy (non-hydrogen) atoms. The third kappa shape index (κ3) is 3.29. The summed E-state index contributed by atoms with van der Waals surface area (Å²) in [6.45, 7) is 1.65. The highest BCUT2D eigenvalue weighted by Crippen LogP contribution is 2.11. The Labute approximate surface area is 78.2 Å². The zero-order valence-electron chi connectivity index (χ0n) is 6.90. The highest BCUT2D eigenvalue weighted by molar-refractivity contribution is 7.99. The number of carboxylic acid groups (broad SMARTS) is 1. The lowest BCUT2D eigenvalue weighted by Crippen LogP contribution is -2.09. The van der Waals surface area contributed by atoms with Crippen LogP contribution in [0, 0.1) is 6.92 Å². The Morgan fingerprint density at radius 3 is 3.00 bits per heavy atom. The molecule has 0 saturated carbocycles. The molecule has 0 atom stereocenters. The monoisotopic (exact) mass is 200 g/mol. The van der Waals surface area contributed by atoms with Crippen LogP contribution in [0.15, 0.2) is 15.9 Å². The number of aromatic amines is 1. The number of hydrogen-bond acceptors (Lipinski definition) is 4. The van der Waals surface area contributed by atoms with Crippen molar-refractivity contribution in [2.24, 2.45) is 0 Å². The van der Waals surface area contributed by atoms with E-state index in [4.69, 9.17) is 5.11 Å². The number of aryl methyl sites for hydroxylation is 1. The smallest absolute Gasteiger partial charge is 0.313 e. The lowest BCUT2D eigenvalue weighted by Gasteiger charge is -1.97. The second-order valence-electron chi connectivity index (χ2n) is 2.35. The first kappa shape index (κ1) is 9.79. The summed E-state index contributed by atoms with van der Waals surface area (Å²) in [6, 6.07) is 1.28. The van der Waals surface area contributed by atoms with Gasteiger partial charge in [-0.3, -0.25) is 9.59 Å². The number of hydrogen-bond donors (Lipinski definition) is 2. The van der Waals surface area contributed by atoms with Crippen molar-refractivity contribution in [3.8, 4) is 0 Å². The molecule has 2 N–H and O–H groups in total. The van der Waals surface area contributed by atoms with Crippen molar-refractivity contribution in [3.63, 3.8) is 0 Å². The number of carboxylic acids is 1. The fourth-order valence-electron chi connectivity index (χ4n) is 0.762. The van der Waals surface area contributed by atoms with E-state index in [0.717, 1.165) is 11.8 Å². The number of aliphatic carboxylic acids is 1. The minimum absolute atomic E-state index is 0.0874. The van der Waals surface area contributed by atoms with E-state index in [1.165, 1.54) is 6.07 Å². The SMILES string of the molecule is Cc1nc(SCC(=O)O)cc(=O)[nH]1. The Bertz CT molecular complexity index is 374. The predicted octanol–water partition coefficient (Wildman–Crippen LogP) is 0.255. The highest BCUT2D eigenvalue weighted by atomic mass is 32.2. The Balaban J connectivity index is 2.77. The van der Waals surface area contributed by atoms with E-state index in [1.54, 1.807) is 6.92 Å². The van der Waals surface area contributed by atoms with Gasteiger partial charge in [0.05, 0.1) is 5.75 Å². The summed E-state index contributed by atoms with van der Waals surface area (Å²) in [5.41, 5.74) is -0.264. The van der Waals surface area contributed by atoms with E-state index in [1.807, 2.05) is 0 Å². The maximum atomic E-state index is 10.9. The zero-order chi connectivity index (χ0) is 9.84. The maximum Gasteiger partial charge on any atom is 0.313 e. The third-order valence-corrected chi connectivity index (χ3v) is 2.08. The normalized spacial score (nSPS) is 9.92. The molecule has 0 fully saturated rings. The molecule has 1 heterocycles. The van der Waals surface area contributed by atoms with Crippen LogP contribution >= 0.6 is 11.8 Å². The zero-order valence-corrected chi connectivity index (χ0v) is 7.72. The summed E-state index contributed by atoms with van der Waals surface area (Å²) < 4.78 is 0. The van der Waals surface area contributed by atoms with Gasteiger partial charge in [0.2, 0.25) is 0 Å². The average Bonchev–Trinajstić information content (AvgIpc) is 1.99. The lowest BCUT2D eigenvalue weighted by molar-refractivity contribution is -0.133. The molecule has 1 aromatic rings. The van der Waals surface area contributed by atoms with Gasteiger partial charge in [-0.15, -0.1) is 0 Å². The molecular weight excluding hydrogens is 192 g/mol. The molecule has 1 rings (SSSR count). The first-order chi connectivity index (χ1) is 6.08. The van der Waals surface area contributed by atoms with Gasteiger partial charge in [-0.05, 0) is 6.92 Å². The van der Waals surface area contributed by atoms with Crippen molar-refractivity contribution in [1.82, 2.24) is 9.97 Å². The fraction of sp³-hybridized carbons (Fsp3) is 0.286. The minimum Gasteiger partial charge on any atom is -0.481 e. The number of carbonyl (C=O) groups is 1. The van der Waals surface area contributed by atoms with Gasteiger partial charge >= 0.3 is 5.97 Å². The van der Waals surface area contributed by atoms with Crippen molar-refractivity contribution in [2.75, 3.05) is 5.75 Å². The van der Waals surface area contributed by atoms with Gasteiger partial charge in [0.15, 0.2) is 0 Å². The van der Waals surface area contributed by atoms with Crippen LogP contribution in [0.5, 0.6) is 0 Å². The van der Waals surface area contributed by atoms with Gasteiger partial charge in [0.25, 0.3) is 5.56 Å². The van der Waals surface area contributed by atoms with Gasteiger partial charge in [-0.2, -0.15) is 0 Å². The fourth-order valence-corrected chi connectivity index (χ4v) is 1.42. The largest absolute Gasteiger partial charge is 0.481 e. The summed E-state index contributed by atoms with van der Waals surface area (Å²) in [5.74, 6) is -0.527. The van der Waals surface area contributed by atoms with Crippen LogP contribution < -0.4 is 5.56 Å². The van der Waals surface area contributed by atoms with Crippen molar-refractivity contribution >= 4 is 17.7 Å². The molecule has 6 heteroatoms. The molecule has 70 valence electrons. The summed E-state index contributed by atoms with van der Waals surface area (Å²) in [6.07, 6.45) is 0. The van der Waals surface area contributed by atoms with Gasteiger partial charge in [-0.1, -0.05) is 11.8 Å². The van der Waals surface area contributed by atoms with Crippen LogP contribution in [0.4, 0.5) is 0 Å². The van der Waals surface area contributed by atoms with Gasteiger partial charge in [0.1, 0.15) is 10.9 Å². The van der Waals surface area contributed by atoms with Gasteiger partial charge < -0.3 is 10.1 Å². The summed E-state index contributed by atoms with van der Waals surface area (Å²) >= 11 is 1.03. The van der Waals surface area contributed by atoms with E-state index in [2.05, 4.69) is 9.97 Å². The minimum atomic E-state index is -0.926. The Morgan fingerprint density at radius 1 is 1.77 bits per heavy atom. The Morgan fingerprint density at radius 2 is 2.46 bits per heavy atom. The second kappa shape index (κ2) is 4.08. The van der Waals surface area contributed by atoms with Gasteiger partial charge in [0, 0.05) is 6.07 Å². The molecule has 0 aliphatic heterocycles. The van der Waals surface area contributed by atoms with Crippen LogP contribution in [0.2, 0.25) is 0 Å². The Hall–Kier alpha value is -1.30. The van der Waals surface area contributed by atoms with Crippen molar-refractivity contribution in [1.29, 1.82) is 0 Å². The van der Waals surface area contributed by atoms with Crippen molar-refractivity contribution in [2.45, 2.75) is 11.9 Å². The number of nitrogens with one attached hydrogen (secondary N) is 1. The summed E-state index contributed by atoms with van der Waals surface area (Å²) in [7, 11) is 0. The molecule has 0 aromatic carbocycles. The van der Waals surface area contributed by atoms with Crippen molar-refractivity contribution < 1.29 is 9.90 Å². The molecule has 0 aliphatic rings. The van der Waals surface area contributed by atoms with E-state index in [-0.39, 0.29) is 11.3 Å². The molecule has 0 aliphatic carbocycles. The standard InChI is InChI=1S/C7H8N2O3S/c1-4-8-5(10)2-6(9-4)13-3-7(11)12/h2H,3H2,1H3,(H,11,12)(H,8,9,10). The molecule has 5 nitrogen and oxygen atoms in total. The predicted molar refractivity (Wildman–Crippen MR) is 48.0 cm³/mol. The molecule has 0 radical (unpaired) electrons. The van der Waals surface area contributed by atoms with E-state index in [9.17, 15) is 9.59 Å². The molecule has 0 amide bonds. The van der Waals surface area contributed by atoms with Crippen LogP contribution in [-0.4, -0.2) is 26.8 Å². The van der Waals surface area contributed by atoms with E-state index in [0.29, 0.717) is 10.9 Å². The third-order valence-electron chi connectivity index (χ3n) is 1.18. The topological polar surface area (TPSA) is 83.0 Å². The number of rotatable bonds is 3. The molecule has 0 saturated heterocycles. The van der Waals surface area contributed by atoms with Crippen LogP contribution in [0.1, 0.15) is 5.82 Å². The Kier molecular flexibility index (Phi) is 3.07. The van der Waals surface area contributed by atoms with E-state index < -0.39 is 5.97 Å². The van der Waals surface area contributed by atoms with Gasteiger partial charge in [-0.25, -0.2) is 4.98 Å². The summed E-state index contributed by atoms with van der Waals surface area (Å²) in [5, 5.41) is 8.81. The molecule has 0 unspecified atom stereocenters. The quantitative estimate of drug-likeness (QED) is 0.540. The van der Waals surface area contributed by atoms with Crippen LogP contribution in [0.25, 0.3) is 0 Å². The first-order valence-corrected chi connectivity index (χ1v) is 4.49. The number of nitrogens with zero attached hydrogens (tertiary/aromatic N) is 1. The first-order valence-electron chi connectivity index (χ1n) is 3.50. The molecule has 1 aromatic heterocycles. The molecular formula is C7H8N2O3S. The maximum absolute atomic E-state index is 10.9.